The second-order valence-corrected chi connectivity index (χ2v) is 12.4. The lowest BCUT2D eigenvalue weighted by atomic mass is 9.92. The van der Waals surface area contributed by atoms with Crippen LogP contribution in [0.4, 0.5) is 24.9 Å². The summed E-state index contributed by atoms with van der Waals surface area (Å²) < 4.78 is 41.4. The van der Waals surface area contributed by atoms with Crippen molar-refractivity contribution in [3.05, 3.63) is 28.7 Å². The Kier molecular flexibility index (Phi) is 11.1. The van der Waals surface area contributed by atoms with Crippen LogP contribution in [0.15, 0.2) is 16.5 Å². The normalized spacial score (nSPS) is 17.3. The summed E-state index contributed by atoms with van der Waals surface area (Å²) in [5.74, 6) is 1.38. The molecule has 1 fully saturated rings. The van der Waals surface area contributed by atoms with Gasteiger partial charge in [0.15, 0.2) is 5.82 Å². The Morgan fingerprint density at radius 1 is 1.07 bits per heavy atom. The monoisotopic (exact) mass is 608 g/mol. The van der Waals surface area contributed by atoms with Crippen LogP contribution in [-0.4, -0.2) is 57.3 Å². The van der Waals surface area contributed by atoms with Crippen LogP contribution in [0.5, 0.6) is 0 Å². The maximum atomic E-state index is 13.4. The molecule has 1 amide bonds. The second-order valence-electron chi connectivity index (χ2n) is 11.3. The van der Waals surface area contributed by atoms with Gasteiger partial charge >= 0.3 is 6.18 Å². The molecule has 13 heteroatoms. The smallest absolute Gasteiger partial charge is 0.359 e. The number of alkyl halides is 3. The standard InChI is InChI=1S/C29H43F3N8OS/c1-5-11-20(2)42-26-21(3)25(38-16-17-40-23(19-38)36-37-27(40)29(30,31)32)34-28(35-26)39-15-10-13-22(18-39)12-8-6-7-9-14-24(41)33-4/h22H,2,5-19H2,1,3-4H3,(H,33,41). The number of hydrogen-bond donors (Lipinski definition) is 1. The Hall–Kier alpha value is -2.83. The van der Waals surface area contributed by atoms with E-state index in [0.29, 0.717) is 24.8 Å². The van der Waals surface area contributed by atoms with E-state index in [-0.39, 0.29) is 24.8 Å². The average Bonchev–Trinajstić information content (AvgIpc) is 3.40. The molecule has 1 saturated heterocycles. The predicted octanol–water partition coefficient (Wildman–Crippen LogP) is 6.12. The maximum absolute atomic E-state index is 13.4. The van der Waals surface area contributed by atoms with Crippen LogP contribution in [0.3, 0.4) is 0 Å². The van der Waals surface area contributed by atoms with Crippen molar-refractivity contribution in [2.45, 2.75) is 102 Å². The molecule has 0 bridgehead atoms. The van der Waals surface area contributed by atoms with Crippen molar-refractivity contribution in [3.8, 4) is 0 Å². The van der Waals surface area contributed by atoms with Gasteiger partial charge in [0.25, 0.3) is 0 Å². The Morgan fingerprint density at radius 2 is 1.86 bits per heavy atom. The molecule has 0 saturated carbocycles. The predicted molar refractivity (Wildman–Crippen MR) is 159 cm³/mol. The van der Waals surface area contributed by atoms with Gasteiger partial charge in [-0.2, -0.15) is 18.2 Å². The molecule has 1 unspecified atom stereocenters. The minimum absolute atomic E-state index is 0.101. The number of hydrogen-bond acceptors (Lipinski definition) is 8. The van der Waals surface area contributed by atoms with Crippen LogP contribution in [0.1, 0.15) is 88.3 Å². The number of anilines is 2. The minimum Gasteiger partial charge on any atom is -0.359 e. The molecule has 0 aromatic carbocycles. The van der Waals surface area contributed by atoms with E-state index in [9.17, 15) is 18.0 Å². The highest BCUT2D eigenvalue weighted by Crippen LogP contribution is 2.37. The van der Waals surface area contributed by atoms with Crippen molar-refractivity contribution in [1.82, 2.24) is 30.0 Å². The van der Waals surface area contributed by atoms with E-state index in [4.69, 9.17) is 9.97 Å². The van der Waals surface area contributed by atoms with E-state index in [1.807, 2.05) is 11.8 Å². The minimum atomic E-state index is -4.54. The molecule has 9 nitrogen and oxygen atoms in total. The zero-order valence-electron chi connectivity index (χ0n) is 25.0. The van der Waals surface area contributed by atoms with Gasteiger partial charge in [-0.15, -0.1) is 10.2 Å². The summed E-state index contributed by atoms with van der Waals surface area (Å²) in [5.41, 5.74) is 0.898. The molecule has 1 atom stereocenters. The number of allylic oxidation sites excluding steroid dienone is 1. The average molecular weight is 609 g/mol. The number of carbonyl (C=O) groups is 1. The highest BCUT2D eigenvalue weighted by Gasteiger charge is 2.40. The van der Waals surface area contributed by atoms with Gasteiger partial charge in [0.1, 0.15) is 10.8 Å². The number of nitrogens with one attached hydrogen (secondary N) is 1. The molecule has 42 heavy (non-hydrogen) atoms. The van der Waals surface area contributed by atoms with Gasteiger partial charge < -0.3 is 19.7 Å². The molecule has 1 N–H and O–H groups in total. The fraction of sp³-hybridized carbons (Fsp3) is 0.690. The van der Waals surface area contributed by atoms with Crippen molar-refractivity contribution in [1.29, 1.82) is 0 Å². The zero-order chi connectivity index (χ0) is 30.3. The second kappa shape index (κ2) is 14.6. The topological polar surface area (TPSA) is 92.1 Å². The molecule has 2 aromatic heterocycles. The van der Waals surface area contributed by atoms with Crippen molar-refractivity contribution < 1.29 is 18.0 Å². The SMILES string of the molecule is C=C(CCC)Sc1nc(N2CCCC(CCCCCCC(=O)NC)C2)nc(N2CCn3c(nnc3C(F)(F)F)C2)c1C. The molecule has 232 valence electrons. The molecule has 4 heterocycles. The summed E-state index contributed by atoms with van der Waals surface area (Å²) in [6, 6.07) is 0. The third-order valence-corrected chi connectivity index (χ3v) is 9.07. The molecule has 0 aliphatic carbocycles. The summed E-state index contributed by atoms with van der Waals surface area (Å²) in [4.78, 5) is 26.7. The number of carbonyl (C=O) groups excluding carboxylic acids is 1. The molecule has 2 aromatic rings. The molecule has 2 aliphatic heterocycles. The van der Waals surface area contributed by atoms with Gasteiger partial charge in [0, 0.05) is 45.2 Å². The summed E-state index contributed by atoms with van der Waals surface area (Å²) in [6.07, 6.45) is 5.52. The van der Waals surface area contributed by atoms with E-state index < -0.39 is 12.0 Å². The van der Waals surface area contributed by atoms with Crippen LogP contribution in [-0.2, 0) is 24.1 Å². The number of piperidine rings is 1. The number of rotatable bonds is 13. The quantitative estimate of drug-likeness (QED) is 0.165. The van der Waals surface area contributed by atoms with E-state index in [2.05, 4.69) is 33.9 Å². The van der Waals surface area contributed by atoms with Crippen LogP contribution in [0.2, 0.25) is 0 Å². The molecular weight excluding hydrogens is 565 g/mol. The largest absolute Gasteiger partial charge is 0.451 e. The Bertz CT molecular complexity index is 1230. The number of aromatic nitrogens is 5. The van der Waals surface area contributed by atoms with Gasteiger partial charge in [-0.25, -0.2) is 4.98 Å². The number of nitrogens with zero attached hydrogens (tertiary/aromatic N) is 7. The first kappa shape index (κ1) is 32.1. The fourth-order valence-corrected chi connectivity index (χ4v) is 6.67. The Labute approximate surface area is 250 Å². The summed E-state index contributed by atoms with van der Waals surface area (Å²) >= 11 is 1.56. The number of halogens is 3. The highest BCUT2D eigenvalue weighted by atomic mass is 32.2. The number of unbranched alkanes of at least 4 members (excludes halogenated alkanes) is 3. The van der Waals surface area contributed by atoms with Crippen molar-refractivity contribution in [2.24, 2.45) is 5.92 Å². The molecule has 4 rings (SSSR count). The van der Waals surface area contributed by atoms with Gasteiger partial charge in [-0.3, -0.25) is 4.79 Å². The van der Waals surface area contributed by atoms with Crippen LogP contribution >= 0.6 is 11.8 Å². The lowest BCUT2D eigenvalue weighted by molar-refractivity contribution is -0.147. The zero-order valence-corrected chi connectivity index (χ0v) is 25.8. The molecule has 0 spiro atoms. The van der Waals surface area contributed by atoms with Gasteiger partial charge in [0.05, 0.1) is 6.54 Å². The van der Waals surface area contributed by atoms with E-state index in [1.54, 1.807) is 18.8 Å². The number of amides is 1. The first-order chi connectivity index (χ1) is 20.1. The highest BCUT2D eigenvalue weighted by molar-refractivity contribution is 8.03. The summed E-state index contributed by atoms with van der Waals surface area (Å²) in [7, 11) is 1.67. The van der Waals surface area contributed by atoms with Gasteiger partial charge in [-0.05, 0) is 49.9 Å². The van der Waals surface area contributed by atoms with Crippen LogP contribution in [0.25, 0.3) is 0 Å². The lowest BCUT2D eigenvalue weighted by Gasteiger charge is -2.35. The lowest BCUT2D eigenvalue weighted by Crippen LogP contribution is -2.39. The molecule has 0 radical (unpaired) electrons. The first-order valence-electron chi connectivity index (χ1n) is 15.0. The van der Waals surface area contributed by atoms with Crippen molar-refractivity contribution in [2.75, 3.05) is 36.5 Å². The van der Waals surface area contributed by atoms with Crippen molar-refractivity contribution >= 4 is 29.4 Å². The van der Waals surface area contributed by atoms with Crippen LogP contribution in [0, 0.1) is 12.8 Å². The third kappa shape index (κ3) is 8.17. The molecule has 2 aliphatic rings. The van der Waals surface area contributed by atoms with E-state index >= 15 is 0 Å². The molecular formula is C29H43F3N8OS. The summed E-state index contributed by atoms with van der Waals surface area (Å²) in [6.45, 7) is 10.8. The fourth-order valence-electron chi connectivity index (χ4n) is 5.72. The number of thioether (sulfide) groups is 1. The Balaban J connectivity index is 1.49. The van der Waals surface area contributed by atoms with E-state index in [1.165, 1.54) is 11.0 Å². The number of fused-ring (bicyclic) bond motifs is 1. The van der Waals surface area contributed by atoms with Gasteiger partial charge in [-0.1, -0.05) is 50.9 Å². The van der Waals surface area contributed by atoms with E-state index in [0.717, 1.165) is 85.8 Å². The summed E-state index contributed by atoms with van der Waals surface area (Å²) in [5, 5.41) is 10.8. The van der Waals surface area contributed by atoms with Gasteiger partial charge in [0.2, 0.25) is 17.7 Å². The Morgan fingerprint density at radius 3 is 2.60 bits per heavy atom. The third-order valence-electron chi connectivity index (χ3n) is 7.99. The van der Waals surface area contributed by atoms with Crippen LogP contribution < -0.4 is 15.1 Å². The first-order valence-corrected chi connectivity index (χ1v) is 15.9. The maximum Gasteiger partial charge on any atom is 0.451 e. The van der Waals surface area contributed by atoms with Crippen molar-refractivity contribution in [3.63, 3.8) is 0 Å².